The third kappa shape index (κ3) is 2.92. The zero-order chi connectivity index (χ0) is 18.1. The fourth-order valence-electron chi connectivity index (χ4n) is 4.54. The molecule has 1 N–H and O–H groups in total. The number of fused-ring (bicyclic) bond motifs is 1. The van der Waals surface area contributed by atoms with Crippen LogP contribution in [0.1, 0.15) is 19.3 Å². The van der Waals surface area contributed by atoms with Crippen LogP contribution in [0, 0.1) is 17.3 Å². The quantitative estimate of drug-likeness (QED) is 0.845. The Morgan fingerprint density at radius 2 is 2.08 bits per heavy atom. The van der Waals surface area contributed by atoms with E-state index in [1.807, 2.05) is 0 Å². The van der Waals surface area contributed by atoms with E-state index in [9.17, 15) is 14.7 Å². The van der Waals surface area contributed by atoms with Crippen molar-refractivity contribution in [1.29, 1.82) is 0 Å². The van der Waals surface area contributed by atoms with Crippen molar-refractivity contribution in [3.05, 3.63) is 18.6 Å². The molecule has 0 unspecified atom stereocenters. The number of hydrogen-bond donors (Lipinski definition) is 1. The van der Waals surface area contributed by atoms with Gasteiger partial charge in [-0.1, -0.05) is 0 Å². The van der Waals surface area contributed by atoms with E-state index in [1.54, 1.807) is 23.5 Å². The maximum atomic E-state index is 13.0. The number of carboxylic acid groups (broad SMARTS) is 1. The van der Waals surface area contributed by atoms with Crippen LogP contribution >= 0.6 is 0 Å². The molecule has 0 spiro atoms. The van der Waals surface area contributed by atoms with Crippen molar-refractivity contribution in [3.8, 4) is 0 Å². The first kappa shape index (κ1) is 17.2. The molecule has 3 saturated heterocycles. The summed E-state index contributed by atoms with van der Waals surface area (Å²) < 4.78 is 5.47. The minimum atomic E-state index is -0.825. The molecular formula is C18H24N4O4. The molecule has 8 nitrogen and oxygen atoms in total. The number of aromatic nitrogens is 2. The van der Waals surface area contributed by atoms with Gasteiger partial charge in [-0.3, -0.25) is 14.6 Å². The summed E-state index contributed by atoms with van der Waals surface area (Å²) in [5.41, 5.74) is -0.825. The molecule has 8 heteroatoms. The number of nitrogens with zero attached hydrogens (tertiary/aromatic N) is 4. The van der Waals surface area contributed by atoms with E-state index in [4.69, 9.17) is 4.74 Å². The molecule has 1 aromatic heterocycles. The van der Waals surface area contributed by atoms with Crippen LogP contribution in [0.15, 0.2) is 18.6 Å². The number of hydrogen-bond acceptors (Lipinski definition) is 6. The van der Waals surface area contributed by atoms with Gasteiger partial charge in [-0.05, 0) is 19.3 Å². The minimum Gasteiger partial charge on any atom is -0.481 e. The lowest BCUT2D eigenvalue weighted by molar-refractivity contribution is -0.157. The van der Waals surface area contributed by atoms with Crippen LogP contribution in [0.3, 0.4) is 0 Å². The molecule has 0 bridgehead atoms. The first-order chi connectivity index (χ1) is 12.6. The number of ether oxygens (including phenoxy) is 1. The largest absolute Gasteiger partial charge is 0.481 e. The van der Waals surface area contributed by atoms with Crippen LogP contribution in [0.2, 0.25) is 0 Å². The smallest absolute Gasteiger partial charge is 0.311 e. The third-order valence-corrected chi connectivity index (χ3v) is 6.16. The maximum absolute atomic E-state index is 13.0. The Morgan fingerprint density at radius 3 is 2.73 bits per heavy atom. The van der Waals surface area contributed by atoms with Gasteiger partial charge in [0.15, 0.2) is 0 Å². The Kier molecular flexibility index (Phi) is 4.52. The normalized spacial score (nSPS) is 29.5. The summed E-state index contributed by atoms with van der Waals surface area (Å²) in [6, 6.07) is 0. The summed E-state index contributed by atoms with van der Waals surface area (Å²) in [5, 5.41) is 9.76. The topological polar surface area (TPSA) is 95.9 Å². The lowest BCUT2D eigenvalue weighted by Gasteiger charge is -2.34. The highest BCUT2D eigenvalue weighted by Crippen LogP contribution is 2.43. The van der Waals surface area contributed by atoms with Gasteiger partial charge in [0.1, 0.15) is 5.82 Å². The second-order valence-electron chi connectivity index (χ2n) is 7.53. The highest BCUT2D eigenvalue weighted by Gasteiger charge is 2.55. The fourth-order valence-corrected chi connectivity index (χ4v) is 4.54. The summed E-state index contributed by atoms with van der Waals surface area (Å²) in [4.78, 5) is 37.2. The summed E-state index contributed by atoms with van der Waals surface area (Å²) in [5.74, 6) is -0.00261. The van der Waals surface area contributed by atoms with Crippen LogP contribution in [-0.4, -0.2) is 71.2 Å². The molecule has 0 radical (unpaired) electrons. The van der Waals surface area contributed by atoms with E-state index < -0.39 is 11.4 Å². The third-order valence-electron chi connectivity index (χ3n) is 6.16. The van der Waals surface area contributed by atoms with E-state index in [-0.39, 0.29) is 17.7 Å². The highest BCUT2D eigenvalue weighted by molar-refractivity contribution is 5.83. The van der Waals surface area contributed by atoms with E-state index in [0.717, 1.165) is 31.7 Å². The maximum Gasteiger partial charge on any atom is 0.311 e. The number of carboxylic acids is 1. The van der Waals surface area contributed by atoms with Gasteiger partial charge in [0.2, 0.25) is 5.91 Å². The molecule has 140 valence electrons. The van der Waals surface area contributed by atoms with Crippen molar-refractivity contribution in [1.82, 2.24) is 14.9 Å². The van der Waals surface area contributed by atoms with Gasteiger partial charge in [-0.15, -0.1) is 0 Å². The van der Waals surface area contributed by atoms with Crippen LogP contribution in [0.25, 0.3) is 0 Å². The van der Waals surface area contributed by atoms with E-state index >= 15 is 0 Å². The predicted octanol–water partition coefficient (Wildman–Crippen LogP) is 0.643. The molecule has 2 atom stereocenters. The van der Waals surface area contributed by atoms with Crippen molar-refractivity contribution >= 4 is 17.7 Å². The average molecular weight is 360 g/mol. The molecule has 3 aliphatic rings. The lowest BCUT2D eigenvalue weighted by atomic mass is 9.74. The van der Waals surface area contributed by atoms with Gasteiger partial charge < -0.3 is 19.6 Å². The van der Waals surface area contributed by atoms with Crippen molar-refractivity contribution < 1.29 is 19.4 Å². The average Bonchev–Trinajstić information content (AvgIpc) is 3.09. The van der Waals surface area contributed by atoms with Crippen molar-refractivity contribution in [2.24, 2.45) is 17.3 Å². The Labute approximate surface area is 152 Å². The zero-order valence-electron chi connectivity index (χ0n) is 14.7. The monoisotopic (exact) mass is 360 g/mol. The van der Waals surface area contributed by atoms with Crippen LogP contribution < -0.4 is 4.90 Å². The molecular weight excluding hydrogens is 336 g/mol. The second-order valence-corrected chi connectivity index (χ2v) is 7.53. The van der Waals surface area contributed by atoms with Crippen molar-refractivity contribution in [3.63, 3.8) is 0 Å². The first-order valence-electron chi connectivity index (χ1n) is 9.21. The molecule has 3 fully saturated rings. The molecule has 4 rings (SSSR count). The van der Waals surface area contributed by atoms with Gasteiger partial charge in [-0.25, -0.2) is 4.98 Å². The van der Waals surface area contributed by atoms with E-state index in [1.165, 1.54) is 0 Å². The van der Waals surface area contributed by atoms with Gasteiger partial charge >= 0.3 is 5.97 Å². The second kappa shape index (κ2) is 6.83. The molecule has 3 aliphatic heterocycles. The number of carbonyl (C=O) groups is 2. The molecule has 26 heavy (non-hydrogen) atoms. The van der Waals surface area contributed by atoms with E-state index in [0.29, 0.717) is 32.7 Å². The highest BCUT2D eigenvalue weighted by atomic mass is 16.5. The molecule has 0 saturated carbocycles. The first-order valence-corrected chi connectivity index (χ1v) is 9.21. The number of aliphatic carboxylic acids is 1. The Hall–Kier alpha value is -2.22. The Balaban J connectivity index is 1.39. The molecule has 1 aromatic rings. The number of piperidine rings is 1. The SMILES string of the molecule is O=C(C1CCN(c2cnccn2)CC1)N1C[C@H]2COCC[C@@]2(C(=O)O)C1. The molecule has 0 aromatic carbocycles. The van der Waals surface area contributed by atoms with Crippen molar-refractivity contribution in [2.45, 2.75) is 19.3 Å². The molecule has 0 aliphatic carbocycles. The predicted molar refractivity (Wildman–Crippen MR) is 92.5 cm³/mol. The van der Waals surface area contributed by atoms with Crippen molar-refractivity contribution in [2.75, 3.05) is 44.3 Å². The molecule has 4 heterocycles. The van der Waals surface area contributed by atoms with Gasteiger partial charge in [-0.2, -0.15) is 0 Å². The standard InChI is InChI=1S/C18H24N4O4/c23-16(13-1-6-21(7-2-13)15-9-19-4-5-20-15)22-10-14-11-26-8-3-18(14,12-22)17(24)25/h4-5,9,13-14H,1-3,6-8,10-12H2,(H,24,25)/t14-,18+/m0/s1. The van der Waals surface area contributed by atoms with Crippen LogP contribution in [0.4, 0.5) is 5.82 Å². The van der Waals surface area contributed by atoms with Gasteiger partial charge in [0.05, 0.1) is 18.2 Å². The van der Waals surface area contributed by atoms with E-state index in [2.05, 4.69) is 14.9 Å². The van der Waals surface area contributed by atoms with Gasteiger partial charge in [0.25, 0.3) is 0 Å². The lowest BCUT2D eigenvalue weighted by Crippen LogP contribution is -2.46. The number of anilines is 1. The summed E-state index contributed by atoms with van der Waals surface area (Å²) in [7, 11) is 0. The zero-order valence-corrected chi connectivity index (χ0v) is 14.7. The Bertz CT molecular complexity index is 677. The summed E-state index contributed by atoms with van der Waals surface area (Å²) >= 11 is 0. The van der Waals surface area contributed by atoms with Gasteiger partial charge in [0, 0.05) is 57.0 Å². The Morgan fingerprint density at radius 1 is 1.27 bits per heavy atom. The fraction of sp³-hybridized carbons (Fsp3) is 0.667. The van der Waals surface area contributed by atoms with Crippen LogP contribution in [0.5, 0.6) is 0 Å². The summed E-state index contributed by atoms with van der Waals surface area (Å²) in [6.45, 7) is 3.23. The number of amides is 1. The number of likely N-dealkylation sites (tertiary alicyclic amines) is 1. The number of rotatable bonds is 3. The number of carbonyl (C=O) groups excluding carboxylic acids is 1. The summed E-state index contributed by atoms with van der Waals surface area (Å²) in [6.07, 6.45) is 7.06. The molecule has 1 amide bonds. The minimum absolute atomic E-state index is 0.0464. The van der Waals surface area contributed by atoms with Crippen LogP contribution in [-0.2, 0) is 14.3 Å².